The Labute approximate surface area is 96.3 Å². The van der Waals surface area contributed by atoms with Crippen LogP contribution in [-0.4, -0.2) is 20.6 Å². The van der Waals surface area contributed by atoms with Crippen molar-refractivity contribution in [2.24, 2.45) is 0 Å². The van der Waals surface area contributed by atoms with Gasteiger partial charge in [-0.1, -0.05) is 26.2 Å². The number of rotatable bonds is 8. The Morgan fingerprint density at radius 3 is 2.94 bits per heavy atom. The normalized spacial score (nSPS) is 10.6. The number of hydrogen-bond donors (Lipinski definition) is 1. The summed E-state index contributed by atoms with van der Waals surface area (Å²) in [6.45, 7) is 3.18. The molecule has 0 fully saturated rings. The van der Waals surface area contributed by atoms with E-state index in [1.54, 1.807) is 6.33 Å². The fourth-order valence-corrected chi connectivity index (χ4v) is 1.61. The minimum atomic E-state index is -0.766. The summed E-state index contributed by atoms with van der Waals surface area (Å²) >= 11 is 0. The van der Waals surface area contributed by atoms with E-state index in [4.69, 9.17) is 5.11 Å². The minimum Gasteiger partial charge on any atom is -0.481 e. The lowest BCUT2D eigenvalue weighted by atomic mass is 10.2. The van der Waals surface area contributed by atoms with Crippen molar-refractivity contribution in [1.82, 2.24) is 9.55 Å². The largest absolute Gasteiger partial charge is 0.481 e. The molecule has 0 aliphatic heterocycles. The first kappa shape index (κ1) is 12.7. The third-order valence-electron chi connectivity index (χ3n) is 2.55. The molecule has 16 heavy (non-hydrogen) atoms. The average molecular weight is 224 g/mol. The van der Waals surface area contributed by atoms with Gasteiger partial charge in [-0.05, 0) is 6.42 Å². The van der Waals surface area contributed by atoms with Crippen molar-refractivity contribution in [3.63, 3.8) is 0 Å². The Balaban J connectivity index is 2.25. The second-order valence-corrected chi connectivity index (χ2v) is 4.06. The highest BCUT2D eigenvalue weighted by Gasteiger charge is 2.02. The highest BCUT2D eigenvalue weighted by atomic mass is 16.4. The maximum atomic E-state index is 10.4. The van der Waals surface area contributed by atoms with Crippen molar-refractivity contribution in [3.05, 3.63) is 18.2 Å². The topological polar surface area (TPSA) is 55.1 Å². The number of aromatic nitrogens is 2. The van der Waals surface area contributed by atoms with Crippen molar-refractivity contribution in [2.75, 3.05) is 0 Å². The van der Waals surface area contributed by atoms with Crippen LogP contribution >= 0.6 is 0 Å². The van der Waals surface area contributed by atoms with Crippen LogP contribution in [0.25, 0.3) is 0 Å². The summed E-state index contributed by atoms with van der Waals surface area (Å²) in [5, 5.41) is 8.55. The Morgan fingerprint density at radius 1 is 1.44 bits per heavy atom. The van der Waals surface area contributed by atoms with Crippen LogP contribution in [-0.2, 0) is 17.8 Å². The lowest BCUT2D eigenvalue weighted by Crippen LogP contribution is -1.98. The van der Waals surface area contributed by atoms with E-state index >= 15 is 0 Å². The van der Waals surface area contributed by atoms with Gasteiger partial charge in [-0.25, -0.2) is 4.98 Å². The van der Waals surface area contributed by atoms with Crippen LogP contribution in [0.2, 0.25) is 0 Å². The van der Waals surface area contributed by atoms with Crippen molar-refractivity contribution in [3.8, 4) is 0 Å². The van der Waals surface area contributed by atoms with Gasteiger partial charge < -0.3 is 9.67 Å². The molecule has 1 heterocycles. The van der Waals surface area contributed by atoms with Gasteiger partial charge in [0.2, 0.25) is 0 Å². The van der Waals surface area contributed by atoms with E-state index in [1.165, 1.54) is 25.7 Å². The molecule has 1 aromatic rings. The summed E-state index contributed by atoms with van der Waals surface area (Å²) in [5.74, 6) is -0.766. The van der Waals surface area contributed by atoms with Crippen LogP contribution in [0.1, 0.15) is 44.7 Å². The molecule has 0 aromatic carbocycles. The van der Waals surface area contributed by atoms with E-state index in [2.05, 4.69) is 11.9 Å². The third-order valence-corrected chi connectivity index (χ3v) is 2.55. The monoisotopic (exact) mass is 224 g/mol. The summed E-state index contributed by atoms with van der Waals surface area (Å²) < 4.78 is 2.05. The molecule has 0 atom stereocenters. The lowest BCUT2D eigenvalue weighted by Gasteiger charge is -2.00. The van der Waals surface area contributed by atoms with Gasteiger partial charge in [0.1, 0.15) is 0 Å². The number of aryl methyl sites for hydroxylation is 2. The molecule has 1 rings (SSSR count). The zero-order valence-corrected chi connectivity index (χ0v) is 9.85. The van der Waals surface area contributed by atoms with Crippen LogP contribution < -0.4 is 0 Å². The molecule has 0 bridgehead atoms. The van der Waals surface area contributed by atoms with Crippen molar-refractivity contribution in [2.45, 2.75) is 52.0 Å². The van der Waals surface area contributed by atoms with E-state index in [0.29, 0.717) is 6.42 Å². The summed E-state index contributed by atoms with van der Waals surface area (Å²) in [5.41, 5.74) is 0.873. The van der Waals surface area contributed by atoms with E-state index < -0.39 is 5.97 Å². The first-order valence-corrected chi connectivity index (χ1v) is 5.95. The minimum absolute atomic E-state index is 0.160. The summed E-state index contributed by atoms with van der Waals surface area (Å²) in [4.78, 5) is 14.6. The van der Waals surface area contributed by atoms with Gasteiger partial charge in [-0.15, -0.1) is 0 Å². The number of carbonyl (C=O) groups is 1. The molecule has 0 amide bonds. The number of carboxylic acid groups (broad SMARTS) is 1. The van der Waals surface area contributed by atoms with Crippen molar-refractivity contribution in [1.29, 1.82) is 0 Å². The Kier molecular flexibility index (Phi) is 5.61. The van der Waals surface area contributed by atoms with Gasteiger partial charge in [0.05, 0.1) is 18.4 Å². The molecule has 4 nitrogen and oxygen atoms in total. The van der Waals surface area contributed by atoms with Crippen LogP contribution in [0.5, 0.6) is 0 Å². The average Bonchev–Trinajstić information content (AvgIpc) is 2.70. The van der Waals surface area contributed by atoms with Gasteiger partial charge in [-0.3, -0.25) is 4.79 Å². The molecule has 0 aliphatic carbocycles. The predicted molar refractivity (Wildman–Crippen MR) is 62.3 cm³/mol. The standard InChI is InChI=1S/C12H20N2O2/c1-2-3-4-5-8-14-9-11(13-10-14)6-7-12(15)16/h9-10H,2-8H2,1H3,(H,15,16). The van der Waals surface area contributed by atoms with Gasteiger partial charge >= 0.3 is 5.97 Å². The summed E-state index contributed by atoms with van der Waals surface area (Å²) in [6, 6.07) is 0. The first-order valence-electron chi connectivity index (χ1n) is 5.95. The molecular weight excluding hydrogens is 204 g/mol. The molecule has 1 N–H and O–H groups in total. The van der Waals surface area contributed by atoms with Gasteiger partial charge in [0, 0.05) is 19.2 Å². The first-order chi connectivity index (χ1) is 7.72. The molecule has 4 heteroatoms. The molecule has 0 aliphatic rings. The smallest absolute Gasteiger partial charge is 0.303 e. The zero-order chi connectivity index (χ0) is 11.8. The molecule has 0 saturated carbocycles. The zero-order valence-electron chi connectivity index (χ0n) is 9.85. The van der Waals surface area contributed by atoms with Crippen LogP contribution in [0.15, 0.2) is 12.5 Å². The fourth-order valence-electron chi connectivity index (χ4n) is 1.61. The molecule has 0 unspecified atom stereocenters. The highest BCUT2D eigenvalue weighted by Crippen LogP contribution is 2.04. The molecule has 0 radical (unpaired) electrons. The van der Waals surface area contributed by atoms with Crippen molar-refractivity contribution >= 4 is 5.97 Å². The maximum absolute atomic E-state index is 10.4. The summed E-state index contributed by atoms with van der Waals surface area (Å²) in [6.07, 6.45) is 9.37. The Bertz CT molecular complexity index is 321. The Morgan fingerprint density at radius 2 is 2.25 bits per heavy atom. The van der Waals surface area contributed by atoms with Crippen molar-refractivity contribution < 1.29 is 9.90 Å². The molecule has 90 valence electrons. The van der Waals surface area contributed by atoms with Crippen LogP contribution in [0.4, 0.5) is 0 Å². The highest BCUT2D eigenvalue weighted by molar-refractivity contribution is 5.66. The number of aliphatic carboxylic acids is 1. The van der Waals surface area contributed by atoms with E-state index in [-0.39, 0.29) is 6.42 Å². The van der Waals surface area contributed by atoms with Crippen LogP contribution in [0.3, 0.4) is 0 Å². The molecule has 0 saturated heterocycles. The fraction of sp³-hybridized carbons (Fsp3) is 0.667. The van der Waals surface area contributed by atoms with Crippen LogP contribution in [0, 0.1) is 0 Å². The molecule has 1 aromatic heterocycles. The number of nitrogens with zero attached hydrogens (tertiary/aromatic N) is 2. The predicted octanol–water partition coefficient (Wildman–Crippen LogP) is 2.48. The van der Waals surface area contributed by atoms with E-state index in [9.17, 15) is 4.79 Å². The van der Waals surface area contributed by atoms with Gasteiger partial charge in [-0.2, -0.15) is 0 Å². The number of hydrogen-bond acceptors (Lipinski definition) is 2. The number of carboxylic acids is 1. The number of imidazole rings is 1. The molecule has 0 spiro atoms. The molecular formula is C12H20N2O2. The quantitative estimate of drug-likeness (QED) is 0.690. The second kappa shape index (κ2) is 7.04. The van der Waals surface area contributed by atoms with Gasteiger partial charge in [0.15, 0.2) is 0 Å². The number of unbranched alkanes of at least 4 members (excludes halogenated alkanes) is 3. The maximum Gasteiger partial charge on any atom is 0.303 e. The Hall–Kier alpha value is -1.32. The van der Waals surface area contributed by atoms with E-state index in [0.717, 1.165) is 12.2 Å². The SMILES string of the molecule is CCCCCCn1cnc(CCC(=O)O)c1. The lowest BCUT2D eigenvalue weighted by molar-refractivity contribution is -0.136. The second-order valence-electron chi connectivity index (χ2n) is 4.06. The van der Waals surface area contributed by atoms with E-state index in [1.807, 2.05) is 10.8 Å². The summed E-state index contributed by atoms with van der Waals surface area (Å²) in [7, 11) is 0. The van der Waals surface area contributed by atoms with Gasteiger partial charge in [0.25, 0.3) is 0 Å². The third kappa shape index (κ3) is 4.96.